The highest BCUT2D eigenvalue weighted by Crippen LogP contribution is 2.60. The number of hydrogen-bond donors (Lipinski definition) is 2. The molecule has 2 aliphatic carbocycles. The van der Waals surface area contributed by atoms with Crippen LogP contribution in [-0.4, -0.2) is 35.2 Å². The van der Waals surface area contributed by atoms with Crippen LogP contribution >= 0.6 is 0 Å². The van der Waals surface area contributed by atoms with Crippen molar-refractivity contribution in [3.05, 3.63) is 36.0 Å². The van der Waals surface area contributed by atoms with E-state index in [4.69, 9.17) is 4.74 Å². The molecule has 0 amide bonds. The third kappa shape index (κ3) is 2.74. The summed E-state index contributed by atoms with van der Waals surface area (Å²) >= 11 is 0. The fourth-order valence-electron chi connectivity index (χ4n) is 5.18. The maximum Gasteiger partial charge on any atom is 0.338 e. The highest BCUT2D eigenvalue weighted by molar-refractivity contribution is 5.93. The molecule has 3 rings (SSSR count). The van der Waals surface area contributed by atoms with E-state index in [0.29, 0.717) is 24.3 Å². The van der Waals surface area contributed by atoms with E-state index in [1.807, 2.05) is 13.0 Å². The fraction of sp³-hybridized carbons (Fsp3) is 0.600. The third-order valence-electron chi connectivity index (χ3n) is 6.70. The van der Waals surface area contributed by atoms with Crippen LogP contribution in [0.4, 0.5) is 0 Å². The van der Waals surface area contributed by atoms with Crippen molar-refractivity contribution in [3.8, 4) is 0 Å². The number of carbonyl (C=O) groups excluding carboxylic acids is 1. The monoisotopic (exact) mass is 345 g/mol. The first-order valence-corrected chi connectivity index (χ1v) is 8.92. The summed E-state index contributed by atoms with van der Waals surface area (Å²) < 4.78 is 4.96. The normalized spacial score (nSPS) is 40.3. The molecule has 1 unspecified atom stereocenters. The van der Waals surface area contributed by atoms with Crippen LogP contribution in [0, 0.1) is 22.7 Å². The van der Waals surface area contributed by atoms with Crippen LogP contribution in [0.1, 0.15) is 39.5 Å². The van der Waals surface area contributed by atoms with Crippen LogP contribution in [0.5, 0.6) is 0 Å². The van der Waals surface area contributed by atoms with Gasteiger partial charge in [0.15, 0.2) is 0 Å². The van der Waals surface area contributed by atoms with Crippen LogP contribution in [0.2, 0.25) is 0 Å². The molecule has 0 spiro atoms. The summed E-state index contributed by atoms with van der Waals surface area (Å²) in [6, 6.07) is 0. The van der Waals surface area contributed by atoms with E-state index in [2.05, 4.69) is 24.7 Å². The Bertz CT molecular complexity index is 677. The summed E-state index contributed by atoms with van der Waals surface area (Å²) in [6.07, 6.45) is 9.02. The van der Waals surface area contributed by atoms with Crippen molar-refractivity contribution in [2.75, 3.05) is 13.2 Å². The summed E-state index contributed by atoms with van der Waals surface area (Å²) in [6.45, 7) is 8.81. The van der Waals surface area contributed by atoms with Gasteiger partial charge in [0.2, 0.25) is 0 Å². The number of esters is 1. The van der Waals surface area contributed by atoms with Crippen LogP contribution in [0.25, 0.3) is 0 Å². The molecule has 2 fully saturated rings. The summed E-state index contributed by atoms with van der Waals surface area (Å²) in [5.41, 5.74) is 1.82. The summed E-state index contributed by atoms with van der Waals surface area (Å²) in [4.78, 5) is 11.7. The minimum absolute atomic E-state index is 0.0347. The Hall–Kier alpha value is -1.88. The van der Waals surface area contributed by atoms with E-state index in [1.165, 1.54) is 0 Å². The molecule has 5 heteroatoms. The predicted octanol–water partition coefficient (Wildman–Crippen LogP) is 3.24. The van der Waals surface area contributed by atoms with Gasteiger partial charge in [0.25, 0.3) is 0 Å². The fourth-order valence-corrected chi connectivity index (χ4v) is 5.18. The summed E-state index contributed by atoms with van der Waals surface area (Å²) in [7, 11) is 0. The van der Waals surface area contributed by atoms with Crippen molar-refractivity contribution in [2.45, 2.75) is 39.5 Å². The highest BCUT2D eigenvalue weighted by Gasteiger charge is 2.56. The van der Waals surface area contributed by atoms with E-state index >= 15 is 0 Å². The molecule has 25 heavy (non-hydrogen) atoms. The minimum Gasteiger partial charge on any atom is -0.458 e. The SMILES string of the molecule is C=C1CCC2[C@](C)(CO)/C(=N/O)CC[C@@]2(C)[C@@H]1/C=C/C1=CCOC1=O. The maximum atomic E-state index is 11.7. The minimum atomic E-state index is -0.528. The van der Waals surface area contributed by atoms with E-state index < -0.39 is 5.41 Å². The molecule has 1 aliphatic heterocycles. The molecule has 0 radical (unpaired) electrons. The van der Waals surface area contributed by atoms with Crippen molar-refractivity contribution in [3.63, 3.8) is 0 Å². The second-order valence-electron chi connectivity index (χ2n) is 7.97. The Morgan fingerprint density at radius 3 is 2.80 bits per heavy atom. The van der Waals surface area contributed by atoms with Crippen LogP contribution in [0.3, 0.4) is 0 Å². The van der Waals surface area contributed by atoms with Gasteiger partial charge in [-0.15, -0.1) is 0 Å². The number of aliphatic hydroxyl groups excluding tert-OH is 1. The molecule has 0 bridgehead atoms. The molecule has 0 aromatic carbocycles. The quantitative estimate of drug-likeness (QED) is 0.356. The zero-order valence-corrected chi connectivity index (χ0v) is 15.0. The molecule has 0 aromatic heterocycles. The van der Waals surface area contributed by atoms with Gasteiger partial charge in [-0.05, 0) is 43.1 Å². The topological polar surface area (TPSA) is 79.1 Å². The van der Waals surface area contributed by atoms with Crippen LogP contribution in [-0.2, 0) is 9.53 Å². The lowest BCUT2D eigenvalue weighted by molar-refractivity contribution is -0.135. The molecule has 0 saturated heterocycles. The number of fused-ring (bicyclic) bond motifs is 1. The van der Waals surface area contributed by atoms with Crippen LogP contribution < -0.4 is 0 Å². The number of rotatable bonds is 3. The first kappa shape index (κ1) is 17.9. The number of ether oxygens (including phenoxy) is 1. The van der Waals surface area contributed by atoms with Gasteiger partial charge in [-0.3, -0.25) is 0 Å². The first-order chi connectivity index (χ1) is 11.9. The van der Waals surface area contributed by atoms with Crippen LogP contribution in [0.15, 0.2) is 41.1 Å². The first-order valence-electron chi connectivity index (χ1n) is 8.92. The van der Waals surface area contributed by atoms with Gasteiger partial charge in [0.1, 0.15) is 6.61 Å². The second-order valence-corrected chi connectivity index (χ2v) is 7.97. The Kier molecular flexibility index (Phi) is 4.62. The number of nitrogens with zero attached hydrogens (tertiary/aromatic N) is 1. The average molecular weight is 345 g/mol. The van der Waals surface area contributed by atoms with Crippen molar-refractivity contribution >= 4 is 11.7 Å². The molecule has 0 aromatic rings. The van der Waals surface area contributed by atoms with Gasteiger partial charge in [-0.1, -0.05) is 43.3 Å². The van der Waals surface area contributed by atoms with Crippen molar-refractivity contribution < 1.29 is 19.8 Å². The van der Waals surface area contributed by atoms with Gasteiger partial charge in [-0.2, -0.15) is 0 Å². The summed E-state index contributed by atoms with van der Waals surface area (Å²) in [5, 5.41) is 23.0. The van der Waals surface area contributed by atoms with E-state index in [9.17, 15) is 15.1 Å². The number of allylic oxidation sites excluding steroid dienone is 2. The number of hydrogen-bond acceptors (Lipinski definition) is 5. The predicted molar refractivity (Wildman–Crippen MR) is 95.3 cm³/mol. The Balaban J connectivity index is 1.95. The Labute approximate surface area is 148 Å². The van der Waals surface area contributed by atoms with E-state index in [0.717, 1.165) is 24.8 Å². The summed E-state index contributed by atoms with van der Waals surface area (Å²) in [5.74, 6) is 0.0268. The number of carbonyl (C=O) groups is 1. The third-order valence-corrected chi connectivity index (χ3v) is 6.70. The van der Waals surface area contributed by atoms with Gasteiger partial charge in [0.05, 0.1) is 17.9 Å². The second kappa shape index (κ2) is 6.45. The Morgan fingerprint density at radius 2 is 2.20 bits per heavy atom. The van der Waals surface area contributed by atoms with Crippen molar-refractivity contribution in [1.29, 1.82) is 0 Å². The lowest BCUT2D eigenvalue weighted by atomic mass is 9.47. The van der Waals surface area contributed by atoms with Crippen molar-refractivity contribution in [1.82, 2.24) is 0 Å². The highest BCUT2D eigenvalue weighted by atomic mass is 16.5. The molecule has 4 atom stereocenters. The zero-order valence-electron chi connectivity index (χ0n) is 15.0. The van der Waals surface area contributed by atoms with E-state index in [1.54, 1.807) is 6.08 Å². The molecular weight excluding hydrogens is 318 g/mol. The lowest BCUT2D eigenvalue weighted by Gasteiger charge is -2.57. The number of aliphatic hydroxyl groups is 1. The molecule has 136 valence electrons. The molecule has 3 aliphatic rings. The van der Waals surface area contributed by atoms with E-state index in [-0.39, 0.29) is 29.8 Å². The standard InChI is InChI=1S/C20H27NO4/c1-13-4-7-16-19(2,10-8-17(21-24)20(16,3)12-22)15(13)6-5-14-9-11-25-18(14)23/h5-6,9,15-16,22,24H,1,4,7-8,10-12H2,2-3H3/b6-5+,21-17+/t15-,16?,19+,20+/m1/s1. The average Bonchev–Trinajstić information content (AvgIpc) is 2.99. The number of oxime groups is 1. The molecule has 2 saturated carbocycles. The Morgan fingerprint density at radius 1 is 1.44 bits per heavy atom. The lowest BCUT2D eigenvalue weighted by Crippen LogP contribution is -2.55. The molecule has 1 heterocycles. The smallest absolute Gasteiger partial charge is 0.338 e. The molecule has 2 N–H and O–H groups in total. The van der Waals surface area contributed by atoms with Gasteiger partial charge in [0, 0.05) is 11.3 Å². The van der Waals surface area contributed by atoms with Gasteiger partial charge in [-0.25, -0.2) is 4.79 Å². The molecule has 5 nitrogen and oxygen atoms in total. The molecular formula is C20H27NO4. The maximum absolute atomic E-state index is 11.7. The van der Waals surface area contributed by atoms with Gasteiger partial charge >= 0.3 is 5.97 Å². The zero-order chi connectivity index (χ0) is 18.2. The van der Waals surface area contributed by atoms with Crippen molar-refractivity contribution in [2.24, 2.45) is 27.8 Å². The number of cyclic esters (lactones) is 1. The largest absolute Gasteiger partial charge is 0.458 e. The van der Waals surface area contributed by atoms with Gasteiger partial charge < -0.3 is 15.1 Å².